The van der Waals surface area contributed by atoms with E-state index in [1.165, 1.54) is 0 Å². The summed E-state index contributed by atoms with van der Waals surface area (Å²) in [5, 5.41) is 3.31. The van der Waals surface area contributed by atoms with E-state index in [2.05, 4.69) is 10.0 Å². The minimum atomic E-state index is -0.620. The molecule has 0 aromatic heterocycles. The lowest BCUT2D eigenvalue weighted by molar-refractivity contribution is -0.168. The maximum Gasteiger partial charge on any atom is 0.335 e. The molecule has 7 nitrogen and oxygen atoms in total. The molecule has 0 spiro atoms. The summed E-state index contributed by atoms with van der Waals surface area (Å²) in [6, 6.07) is 0. The molecule has 0 aliphatic carbocycles. The molecule has 1 unspecified atom stereocenters. The fourth-order valence-corrected chi connectivity index (χ4v) is 0.989. The lowest BCUT2D eigenvalue weighted by Crippen LogP contribution is -2.32. The van der Waals surface area contributed by atoms with Crippen LogP contribution >= 0.6 is 0 Å². The van der Waals surface area contributed by atoms with Crippen LogP contribution in [0.2, 0.25) is 0 Å². The Bertz CT molecular complexity index is 295. The van der Waals surface area contributed by atoms with Gasteiger partial charge in [-0.25, -0.2) is 4.79 Å². The first kappa shape index (κ1) is 16.7. The molecule has 104 valence electrons. The fraction of sp³-hybridized carbons (Fsp3) is 0.909. The molecule has 0 aliphatic rings. The van der Waals surface area contributed by atoms with Gasteiger partial charge in [0.2, 0.25) is 0 Å². The quantitative estimate of drug-likeness (QED) is 0.219. The van der Waals surface area contributed by atoms with Crippen molar-refractivity contribution < 1.29 is 19.0 Å². The highest BCUT2D eigenvalue weighted by molar-refractivity contribution is 5.74. The summed E-state index contributed by atoms with van der Waals surface area (Å²) in [7, 11) is 0. The zero-order valence-corrected chi connectivity index (χ0v) is 11.4. The summed E-state index contributed by atoms with van der Waals surface area (Å²) in [5.41, 5.74) is 7.51. The Balaban J connectivity index is 3.61. The molecule has 0 fully saturated rings. The first-order chi connectivity index (χ1) is 8.37. The number of ether oxygens (including phenoxy) is 3. The van der Waals surface area contributed by atoms with Crippen molar-refractivity contribution >= 4 is 5.97 Å². The lowest BCUT2D eigenvalue weighted by atomic mass is 10.2. The number of nitrogens with zero attached hydrogens (tertiary/aromatic N) is 3. The average Bonchev–Trinajstić information content (AvgIpc) is 2.25. The van der Waals surface area contributed by atoms with E-state index in [1.54, 1.807) is 27.7 Å². The van der Waals surface area contributed by atoms with Crippen LogP contribution in [0.25, 0.3) is 10.4 Å². The van der Waals surface area contributed by atoms with E-state index < -0.39 is 17.7 Å². The van der Waals surface area contributed by atoms with Crippen molar-refractivity contribution in [1.82, 2.24) is 0 Å². The van der Waals surface area contributed by atoms with E-state index >= 15 is 0 Å². The van der Waals surface area contributed by atoms with Crippen LogP contribution in [0, 0.1) is 0 Å². The maximum atomic E-state index is 11.5. The molecule has 0 aliphatic heterocycles. The van der Waals surface area contributed by atoms with Gasteiger partial charge in [0.1, 0.15) is 5.60 Å². The van der Waals surface area contributed by atoms with E-state index in [9.17, 15) is 4.79 Å². The third kappa shape index (κ3) is 9.89. The van der Waals surface area contributed by atoms with Gasteiger partial charge in [-0.15, -0.1) is 0 Å². The number of azide groups is 1. The number of carbonyl (C=O) groups is 1. The Kier molecular flexibility index (Phi) is 8.11. The average molecular weight is 259 g/mol. The second-order valence-electron chi connectivity index (χ2n) is 4.61. The topological polar surface area (TPSA) is 93.5 Å². The minimum Gasteiger partial charge on any atom is -0.458 e. The van der Waals surface area contributed by atoms with Crippen LogP contribution in [-0.2, 0) is 19.0 Å². The maximum absolute atomic E-state index is 11.5. The van der Waals surface area contributed by atoms with Crippen LogP contribution in [0.3, 0.4) is 0 Å². The molecule has 18 heavy (non-hydrogen) atoms. The predicted molar refractivity (Wildman–Crippen MR) is 66.1 cm³/mol. The summed E-state index contributed by atoms with van der Waals surface area (Å²) in [5.74, 6) is -0.392. The van der Waals surface area contributed by atoms with Crippen molar-refractivity contribution in [2.45, 2.75) is 39.4 Å². The summed E-state index contributed by atoms with van der Waals surface area (Å²) < 4.78 is 15.5. The first-order valence-electron chi connectivity index (χ1n) is 5.80. The molecular formula is C11H21N3O4. The largest absolute Gasteiger partial charge is 0.458 e. The van der Waals surface area contributed by atoms with E-state index in [0.717, 1.165) is 0 Å². The Morgan fingerprint density at radius 3 is 2.56 bits per heavy atom. The Morgan fingerprint density at radius 1 is 1.33 bits per heavy atom. The van der Waals surface area contributed by atoms with Crippen LogP contribution in [0.5, 0.6) is 0 Å². The van der Waals surface area contributed by atoms with Gasteiger partial charge in [0.25, 0.3) is 0 Å². The number of carbonyl (C=O) groups excluding carboxylic acids is 1. The van der Waals surface area contributed by atoms with Crippen molar-refractivity contribution in [3.05, 3.63) is 10.4 Å². The molecule has 0 heterocycles. The summed E-state index contributed by atoms with van der Waals surface area (Å²) >= 11 is 0. The van der Waals surface area contributed by atoms with Crippen molar-refractivity contribution in [2.24, 2.45) is 5.11 Å². The van der Waals surface area contributed by atoms with Crippen LogP contribution in [0.4, 0.5) is 0 Å². The molecule has 0 radical (unpaired) electrons. The second-order valence-corrected chi connectivity index (χ2v) is 4.61. The molecule has 0 N–H and O–H groups in total. The van der Waals surface area contributed by atoms with Crippen LogP contribution < -0.4 is 0 Å². The Labute approximate surface area is 107 Å². The predicted octanol–water partition coefficient (Wildman–Crippen LogP) is 2.06. The Hall–Kier alpha value is -1.30. The van der Waals surface area contributed by atoms with Gasteiger partial charge in [-0.05, 0) is 33.2 Å². The molecule has 0 saturated carbocycles. The van der Waals surface area contributed by atoms with Gasteiger partial charge in [0.15, 0.2) is 6.10 Å². The third-order valence-electron chi connectivity index (χ3n) is 1.73. The molecule has 0 aromatic carbocycles. The lowest BCUT2D eigenvalue weighted by Gasteiger charge is -2.22. The molecule has 1 atom stereocenters. The van der Waals surface area contributed by atoms with Crippen molar-refractivity contribution in [2.75, 3.05) is 26.4 Å². The fourth-order valence-electron chi connectivity index (χ4n) is 0.989. The van der Waals surface area contributed by atoms with Crippen LogP contribution in [0.1, 0.15) is 27.7 Å². The monoisotopic (exact) mass is 259 g/mol. The summed E-state index contributed by atoms with van der Waals surface area (Å²) in [6.45, 7) is 8.30. The number of hydrogen-bond acceptors (Lipinski definition) is 5. The van der Waals surface area contributed by atoms with E-state index in [0.29, 0.717) is 13.2 Å². The first-order valence-corrected chi connectivity index (χ1v) is 5.80. The highest BCUT2D eigenvalue weighted by Crippen LogP contribution is 2.09. The van der Waals surface area contributed by atoms with Gasteiger partial charge in [0.05, 0.1) is 19.8 Å². The van der Waals surface area contributed by atoms with Gasteiger partial charge in [-0.2, -0.15) is 0 Å². The van der Waals surface area contributed by atoms with Gasteiger partial charge in [0, 0.05) is 11.5 Å². The third-order valence-corrected chi connectivity index (χ3v) is 1.73. The van der Waals surface area contributed by atoms with Gasteiger partial charge in [-0.3, -0.25) is 0 Å². The molecule has 0 aromatic rings. The van der Waals surface area contributed by atoms with E-state index in [1.807, 2.05) is 0 Å². The number of rotatable bonds is 8. The molecule has 7 heteroatoms. The van der Waals surface area contributed by atoms with E-state index in [4.69, 9.17) is 19.7 Å². The van der Waals surface area contributed by atoms with Gasteiger partial charge in [-0.1, -0.05) is 5.11 Å². The van der Waals surface area contributed by atoms with Gasteiger partial charge >= 0.3 is 5.97 Å². The SMILES string of the molecule is CC(OCCOCCN=[N+]=[N-])C(=O)OC(C)(C)C. The normalized spacial score (nSPS) is 12.7. The van der Waals surface area contributed by atoms with Crippen molar-refractivity contribution in [1.29, 1.82) is 0 Å². The van der Waals surface area contributed by atoms with Crippen LogP contribution in [0.15, 0.2) is 5.11 Å². The van der Waals surface area contributed by atoms with Crippen molar-refractivity contribution in [3.63, 3.8) is 0 Å². The highest BCUT2D eigenvalue weighted by atomic mass is 16.6. The van der Waals surface area contributed by atoms with Crippen LogP contribution in [-0.4, -0.2) is 44.0 Å². The molecule has 0 amide bonds. The van der Waals surface area contributed by atoms with Gasteiger partial charge < -0.3 is 14.2 Å². The second kappa shape index (κ2) is 8.74. The van der Waals surface area contributed by atoms with Crippen molar-refractivity contribution in [3.8, 4) is 0 Å². The molecule has 0 bridgehead atoms. The Morgan fingerprint density at radius 2 is 2.00 bits per heavy atom. The smallest absolute Gasteiger partial charge is 0.335 e. The molecule has 0 saturated heterocycles. The standard InChI is InChI=1S/C11H21N3O4/c1-9(10(15)18-11(2,3)4)17-8-7-16-6-5-13-14-12/h9H,5-8H2,1-4H3. The molecular weight excluding hydrogens is 238 g/mol. The van der Waals surface area contributed by atoms with E-state index in [-0.39, 0.29) is 13.2 Å². The molecule has 0 rings (SSSR count). The zero-order valence-electron chi connectivity index (χ0n) is 11.4. The minimum absolute atomic E-state index is 0.288. The number of hydrogen-bond donors (Lipinski definition) is 0. The zero-order chi connectivity index (χ0) is 14.0. The highest BCUT2D eigenvalue weighted by Gasteiger charge is 2.21. The summed E-state index contributed by atoms with van der Waals surface area (Å²) in [4.78, 5) is 14.1. The number of esters is 1. The summed E-state index contributed by atoms with van der Waals surface area (Å²) in [6.07, 6.45) is -0.620.